The fourth-order valence-corrected chi connectivity index (χ4v) is 1.83. The van der Waals surface area contributed by atoms with E-state index in [1.54, 1.807) is 0 Å². The van der Waals surface area contributed by atoms with Gasteiger partial charge in [-0.05, 0) is 25.7 Å². The maximum Gasteiger partial charge on any atom is 0.114 e. The van der Waals surface area contributed by atoms with Crippen LogP contribution in [0.2, 0.25) is 0 Å². The van der Waals surface area contributed by atoms with Gasteiger partial charge in [0.2, 0.25) is 0 Å². The van der Waals surface area contributed by atoms with Gasteiger partial charge in [-0.2, -0.15) is 5.10 Å². The zero-order valence-corrected chi connectivity index (χ0v) is 9.58. The Balaban J connectivity index is 2.23. The van der Waals surface area contributed by atoms with E-state index in [2.05, 4.69) is 15.4 Å². The van der Waals surface area contributed by atoms with Crippen molar-refractivity contribution in [1.82, 2.24) is 0 Å². The molecule has 1 aliphatic rings. The quantitative estimate of drug-likeness (QED) is 0.483. The average molecular weight is 229 g/mol. The van der Waals surface area contributed by atoms with Gasteiger partial charge in [-0.1, -0.05) is 35.5 Å². The molecule has 0 radical (unpaired) electrons. The van der Waals surface area contributed by atoms with E-state index in [0.29, 0.717) is 5.71 Å². The van der Waals surface area contributed by atoms with Crippen LogP contribution in [0, 0.1) is 0 Å². The molecule has 1 aromatic rings. The van der Waals surface area contributed by atoms with Gasteiger partial charge in [0.25, 0.3) is 0 Å². The highest BCUT2D eigenvalue weighted by Crippen LogP contribution is 2.14. The summed E-state index contributed by atoms with van der Waals surface area (Å²) >= 11 is 0. The summed E-state index contributed by atoms with van der Waals surface area (Å²) in [6, 6.07) is 9.59. The molecule has 0 atom stereocenters. The molecule has 1 fully saturated rings. The van der Waals surface area contributed by atoms with Gasteiger partial charge < -0.3 is 5.21 Å². The molecule has 88 valence electrons. The smallest absolute Gasteiger partial charge is 0.114 e. The molecule has 4 heteroatoms. The molecule has 0 heterocycles. The van der Waals surface area contributed by atoms with Gasteiger partial charge in [0, 0.05) is 11.3 Å². The Labute approximate surface area is 100 Å². The predicted molar refractivity (Wildman–Crippen MR) is 69.2 cm³/mol. The van der Waals surface area contributed by atoms with Gasteiger partial charge in [0.05, 0.1) is 6.21 Å². The molecule has 0 aliphatic heterocycles. The van der Waals surface area contributed by atoms with Crippen molar-refractivity contribution in [2.24, 2.45) is 15.4 Å². The minimum atomic E-state index is 0.576. The second kappa shape index (κ2) is 5.94. The van der Waals surface area contributed by atoms with Gasteiger partial charge in [-0.3, -0.25) is 0 Å². The zero-order chi connectivity index (χ0) is 11.9. The maximum absolute atomic E-state index is 8.63. The number of nitrogens with zero attached hydrogens (tertiary/aromatic N) is 3. The topological polar surface area (TPSA) is 57.3 Å². The lowest BCUT2D eigenvalue weighted by Crippen LogP contribution is -2.02. The van der Waals surface area contributed by atoms with E-state index in [1.807, 2.05) is 30.3 Å². The van der Waals surface area contributed by atoms with Crippen molar-refractivity contribution in [2.45, 2.75) is 25.7 Å². The summed E-state index contributed by atoms with van der Waals surface area (Å²) in [5.41, 5.74) is 2.60. The molecule has 1 N–H and O–H groups in total. The van der Waals surface area contributed by atoms with Crippen molar-refractivity contribution in [3.8, 4) is 0 Å². The lowest BCUT2D eigenvalue weighted by atomic mass is 10.1. The van der Waals surface area contributed by atoms with Crippen molar-refractivity contribution in [1.29, 1.82) is 0 Å². The number of rotatable bonds is 3. The third-order valence-corrected chi connectivity index (χ3v) is 2.73. The normalized spacial score (nSPS) is 16.7. The van der Waals surface area contributed by atoms with Crippen LogP contribution in [0.3, 0.4) is 0 Å². The summed E-state index contributed by atoms with van der Waals surface area (Å²) in [4.78, 5) is 0. The molecule has 0 aromatic heterocycles. The lowest BCUT2D eigenvalue weighted by molar-refractivity contribution is 0.322. The first-order valence-corrected chi connectivity index (χ1v) is 5.76. The van der Waals surface area contributed by atoms with Crippen LogP contribution in [-0.2, 0) is 0 Å². The number of hydrogen-bond donors (Lipinski definition) is 1. The number of oxime groups is 1. The SMILES string of the molecule is O/N=C/C(=N\N=C1CCCC1)c1ccccc1. The Bertz CT molecular complexity index is 441. The van der Waals surface area contributed by atoms with Crippen LogP contribution in [0.15, 0.2) is 45.7 Å². The third kappa shape index (κ3) is 3.24. The standard InChI is InChI=1S/C13H15N3O/c17-14-10-13(11-6-2-1-3-7-11)16-15-12-8-4-5-9-12/h1-3,6-7,10,17H,4-5,8-9H2/b14-10+,16-13+. The first kappa shape index (κ1) is 11.5. The lowest BCUT2D eigenvalue weighted by Gasteiger charge is -1.98. The molecule has 0 bridgehead atoms. The van der Waals surface area contributed by atoms with Gasteiger partial charge >= 0.3 is 0 Å². The molecular weight excluding hydrogens is 214 g/mol. The summed E-state index contributed by atoms with van der Waals surface area (Å²) in [6.45, 7) is 0. The van der Waals surface area contributed by atoms with Crippen LogP contribution in [0.1, 0.15) is 31.2 Å². The fourth-order valence-electron chi connectivity index (χ4n) is 1.83. The number of hydrogen-bond acceptors (Lipinski definition) is 4. The van der Waals surface area contributed by atoms with Gasteiger partial charge in [-0.25, -0.2) is 0 Å². The highest BCUT2D eigenvalue weighted by Gasteiger charge is 2.08. The maximum atomic E-state index is 8.63. The van der Waals surface area contributed by atoms with Crippen molar-refractivity contribution >= 4 is 17.6 Å². The predicted octanol–water partition coefficient (Wildman–Crippen LogP) is 2.87. The molecule has 1 aliphatic carbocycles. The van der Waals surface area contributed by atoms with Crippen LogP contribution >= 0.6 is 0 Å². The second-order valence-electron chi connectivity index (χ2n) is 3.97. The monoisotopic (exact) mass is 229 g/mol. The minimum Gasteiger partial charge on any atom is -0.411 e. The van der Waals surface area contributed by atoms with Crippen LogP contribution in [-0.4, -0.2) is 22.8 Å². The van der Waals surface area contributed by atoms with Crippen molar-refractivity contribution in [2.75, 3.05) is 0 Å². The second-order valence-corrected chi connectivity index (χ2v) is 3.97. The molecular formula is C13H15N3O. The first-order chi connectivity index (χ1) is 8.40. The molecule has 1 aromatic carbocycles. The fraction of sp³-hybridized carbons (Fsp3) is 0.308. The van der Waals surface area contributed by atoms with Crippen molar-refractivity contribution in [3.05, 3.63) is 35.9 Å². The van der Waals surface area contributed by atoms with Crippen molar-refractivity contribution < 1.29 is 5.21 Å². The van der Waals surface area contributed by atoms with Crippen molar-refractivity contribution in [3.63, 3.8) is 0 Å². The summed E-state index contributed by atoms with van der Waals surface area (Å²) in [5, 5.41) is 20.0. The Morgan fingerprint density at radius 2 is 1.82 bits per heavy atom. The van der Waals surface area contributed by atoms with Gasteiger partial charge in [-0.15, -0.1) is 5.10 Å². The molecule has 0 saturated heterocycles. The highest BCUT2D eigenvalue weighted by atomic mass is 16.4. The molecule has 4 nitrogen and oxygen atoms in total. The van der Waals surface area contributed by atoms with E-state index in [-0.39, 0.29) is 0 Å². The van der Waals surface area contributed by atoms with E-state index < -0.39 is 0 Å². The van der Waals surface area contributed by atoms with E-state index in [4.69, 9.17) is 5.21 Å². The Kier molecular flexibility index (Phi) is 4.02. The summed E-state index contributed by atoms with van der Waals surface area (Å²) in [7, 11) is 0. The Morgan fingerprint density at radius 3 is 2.47 bits per heavy atom. The van der Waals surface area contributed by atoms with Crippen LogP contribution in [0.25, 0.3) is 0 Å². The minimum absolute atomic E-state index is 0.576. The molecule has 1 saturated carbocycles. The van der Waals surface area contributed by atoms with E-state index in [0.717, 1.165) is 24.1 Å². The number of benzene rings is 1. The molecule has 2 rings (SSSR count). The largest absolute Gasteiger partial charge is 0.411 e. The Hall–Kier alpha value is -1.97. The Morgan fingerprint density at radius 1 is 1.12 bits per heavy atom. The van der Waals surface area contributed by atoms with Crippen LogP contribution < -0.4 is 0 Å². The molecule has 0 amide bonds. The van der Waals surface area contributed by atoms with Gasteiger partial charge in [0.1, 0.15) is 5.71 Å². The van der Waals surface area contributed by atoms with Gasteiger partial charge in [0.15, 0.2) is 0 Å². The first-order valence-electron chi connectivity index (χ1n) is 5.76. The summed E-state index contributed by atoms with van der Waals surface area (Å²) in [5.74, 6) is 0. The molecule has 0 unspecified atom stereocenters. The summed E-state index contributed by atoms with van der Waals surface area (Å²) in [6.07, 6.45) is 5.77. The van der Waals surface area contributed by atoms with Crippen LogP contribution in [0.4, 0.5) is 0 Å². The average Bonchev–Trinajstić information content (AvgIpc) is 2.88. The zero-order valence-electron chi connectivity index (χ0n) is 9.58. The molecule has 17 heavy (non-hydrogen) atoms. The van der Waals surface area contributed by atoms with Crippen LogP contribution in [0.5, 0.6) is 0 Å². The third-order valence-electron chi connectivity index (χ3n) is 2.73. The van der Waals surface area contributed by atoms with E-state index in [9.17, 15) is 0 Å². The van der Waals surface area contributed by atoms with E-state index >= 15 is 0 Å². The summed E-state index contributed by atoms with van der Waals surface area (Å²) < 4.78 is 0. The highest BCUT2D eigenvalue weighted by molar-refractivity contribution is 6.38. The van der Waals surface area contributed by atoms with E-state index in [1.165, 1.54) is 19.1 Å². The molecule has 0 spiro atoms.